The van der Waals surface area contributed by atoms with E-state index in [2.05, 4.69) is 9.88 Å². The van der Waals surface area contributed by atoms with Gasteiger partial charge in [-0.3, -0.25) is 9.78 Å². The van der Waals surface area contributed by atoms with E-state index in [1.54, 1.807) is 12.4 Å². The zero-order valence-electron chi connectivity index (χ0n) is 17.8. The van der Waals surface area contributed by atoms with Gasteiger partial charge in [-0.25, -0.2) is 0 Å². The lowest BCUT2D eigenvalue weighted by molar-refractivity contribution is 0.0644. The second-order valence-corrected chi connectivity index (χ2v) is 8.01. The number of ether oxygens (including phenoxy) is 2. The van der Waals surface area contributed by atoms with Gasteiger partial charge >= 0.3 is 0 Å². The fraction of sp³-hybridized carbons (Fsp3) is 0.500. The van der Waals surface area contributed by atoms with Crippen molar-refractivity contribution in [1.82, 2.24) is 14.8 Å². The number of piperidine rings is 1. The Kier molecular flexibility index (Phi) is 6.84. The van der Waals surface area contributed by atoms with Crippen LogP contribution in [0.2, 0.25) is 0 Å². The first-order valence-electron chi connectivity index (χ1n) is 11.1. The maximum absolute atomic E-state index is 13.1. The van der Waals surface area contributed by atoms with Crippen LogP contribution < -0.4 is 9.47 Å². The molecule has 1 amide bonds. The number of aromatic nitrogens is 1. The lowest BCUT2D eigenvalue weighted by Crippen LogP contribution is -2.45. The molecule has 0 saturated carbocycles. The highest BCUT2D eigenvalue weighted by Gasteiger charge is 2.29. The molecule has 30 heavy (non-hydrogen) atoms. The van der Waals surface area contributed by atoms with Crippen LogP contribution in [0.3, 0.4) is 0 Å². The van der Waals surface area contributed by atoms with Crippen LogP contribution in [0.1, 0.15) is 48.5 Å². The summed E-state index contributed by atoms with van der Waals surface area (Å²) in [4.78, 5) is 21.7. The van der Waals surface area contributed by atoms with E-state index in [0.29, 0.717) is 36.3 Å². The standard InChI is InChI=1S/C24H31N3O3/c1-2-29-23-17-20(5-6-22(23)30-18-19-7-11-25-12-8-19)24(28)27-15-9-21(10-16-27)26-13-3-4-14-26/h5-8,11-12,17,21H,2-4,9-10,13-16,18H2,1H3. The van der Waals surface area contributed by atoms with Gasteiger partial charge in [-0.2, -0.15) is 0 Å². The summed E-state index contributed by atoms with van der Waals surface area (Å²) < 4.78 is 11.7. The predicted octanol–water partition coefficient (Wildman–Crippen LogP) is 3.76. The normalized spacial score (nSPS) is 17.8. The molecule has 1 aromatic carbocycles. The van der Waals surface area contributed by atoms with E-state index < -0.39 is 0 Å². The zero-order chi connectivity index (χ0) is 20.8. The summed E-state index contributed by atoms with van der Waals surface area (Å²) in [5.74, 6) is 1.35. The van der Waals surface area contributed by atoms with Crippen LogP contribution in [-0.4, -0.2) is 59.5 Å². The first-order valence-corrected chi connectivity index (χ1v) is 11.1. The topological polar surface area (TPSA) is 54.9 Å². The number of pyridine rings is 1. The first-order chi connectivity index (χ1) is 14.7. The second kappa shape index (κ2) is 9.94. The Labute approximate surface area is 178 Å². The van der Waals surface area contributed by atoms with Crippen LogP contribution in [0.15, 0.2) is 42.7 Å². The van der Waals surface area contributed by atoms with Crippen molar-refractivity contribution in [3.05, 3.63) is 53.9 Å². The van der Waals surface area contributed by atoms with E-state index in [1.165, 1.54) is 25.9 Å². The minimum Gasteiger partial charge on any atom is -0.490 e. The van der Waals surface area contributed by atoms with Crippen LogP contribution in [0.5, 0.6) is 11.5 Å². The molecule has 160 valence electrons. The Morgan fingerprint density at radius 2 is 1.73 bits per heavy atom. The molecule has 2 aliphatic rings. The molecule has 0 N–H and O–H groups in total. The van der Waals surface area contributed by atoms with Gasteiger partial charge in [-0.15, -0.1) is 0 Å². The molecule has 0 spiro atoms. The monoisotopic (exact) mass is 409 g/mol. The zero-order valence-corrected chi connectivity index (χ0v) is 17.8. The second-order valence-electron chi connectivity index (χ2n) is 8.01. The highest BCUT2D eigenvalue weighted by molar-refractivity contribution is 5.95. The van der Waals surface area contributed by atoms with Gasteiger partial charge in [0.1, 0.15) is 6.61 Å². The minimum absolute atomic E-state index is 0.0801. The summed E-state index contributed by atoms with van der Waals surface area (Å²) in [6, 6.07) is 9.99. The van der Waals surface area contributed by atoms with Crippen molar-refractivity contribution in [1.29, 1.82) is 0 Å². The number of nitrogens with zero attached hydrogens (tertiary/aromatic N) is 3. The number of rotatable bonds is 7. The quantitative estimate of drug-likeness (QED) is 0.697. The summed E-state index contributed by atoms with van der Waals surface area (Å²) >= 11 is 0. The van der Waals surface area contributed by atoms with Crippen molar-refractivity contribution < 1.29 is 14.3 Å². The summed E-state index contributed by atoms with van der Waals surface area (Å²) in [7, 11) is 0. The molecule has 1 aromatic heterocycles. The molecule has 2 fully saturated rings. The third-order valence-corrected chi connectivity index (χ3v) is 6.04. The molecule has 0 bridgehead atoms. The van der Waals surface area contributed by atoms with Crippen molar-refractivity contribution in [3.63, 3.8) is 0 Å². The summed E-state index contributed by atoms with van der Waals surface area (Å²) in [5.41, 5.74) is 1.70. The number of amides is 1. The van der Waals surface area contributed by atoms with Crippen molar-refractivity contribution in [2.45, 2.75) is 45.3 Å². The Balaban J connectivity index is 1.39. The van der Waals surface area contributed by atoms with E-state index in [0.717, 1.165) is 31.5 Å². The van der Waals surface area contributed by atoms with E-state index in [1.807, 2.05) is 42.2 Å². The highest BCUT2D eigenvalue weighted by atomic mass is 16.5. The van der Waals surface area contributed by atoms with Gasteiger partial charge in [-0.05, 0) is 81.6 Å². The third-order valence-electron chi connectivity index (χ3n) is 6.04. The molecule has 4 rings (SSSR count). The molecule has 2 saturated heterocycles. The van der Waals surface area contributed by atoms with E-state index in [4.69, 9.17) is 9.47 Å². The van der Waals surface area contributed by atoms with Gasteiger partial charge in [0, 0.05) is 37.1 Å². The van der Waals surface area contributed by atoms with Crippen LogP contribution in [0, 0.1) is 0 Å². The van der Waals surface area contributed by atoms with Gasteiger partial charge in [0.15, 0.2) is 11.5 Å². The lowest BCUT2D eigenvalue weighted by atomic mass is 10.0. The predicted molar refractivity (Wildman–Crippen MR) is 116 cm³/mol. The fourth-order valence-electron chi connectivity index (χ4n) is 4.39. The molecule has 2 aromatic rings. The van der Waals surface area contributed by atoms with E-state index >= 15 is 0 Å². The van der Waals surface area contributed by atoms with Gasteiger partial charge in [0.05, 0.1) is 6.61 Å². The lowest BCUT2D eigenvalue weighted by Gasteiger charge is -2.36. The molecule has 0 atom stereocenters. The number of carbonyl (C=O) groups excluding carboxylic acids is 1. The van der Waals surface area contributed by atoms with E-state index in [9.17, 15) is 4.79 Å². The Bertz CT molecular complexity index is 829. The Hall–Kier alpha value is -2.60. The SMILES string of the molecule is CCOc1cc(C(=O)N2CCC(N3CCCC3)CC2)ccc1OCc1ccncc1. The largest absolute Gasteiger partial charge is 0.490 e. The Morgan fingerprint density at radius 3 is 2.43 bits per heavy atom. The molecular formula is C24H31N3O3. The smallest absolute Gasteiger partial charge is 0.253 e. The minimum atomic E-state index is 0.0801. The summed E-state index contributed by atoms with van der Waals surface area (Å²) in [6.45, 7) is 6.97. The van der Waals surface area contributed by atoms with Crippen LogP contribution in [-0.2, 0) is 6.61 Å². The average Bonchev–Trinajstić information content (AvgIpc) is 3.34. The van der Waals surface area contributed by atoms with Crippen molar-refractivity contribution in [2.75, 3.05) is 32.8 Å². The number of hydrogen-bond acceptors (Lipinski definition) is 5. The number of benzene rings is 1. The number of likely N-dealkylation sites (tertiary alicyclic amines) is 2. The van der Waals surface area contributed by atoms with Crippen molar-refractivity contribution >= 4 is 5.91 Å². The molecule has 0 aliphatic carbocycles. The van der Waals surface area contributed by atoms with Gasteiger partial charge < -0.3 is 19.3 Å². The van der Waals surface area contributed by atoms with Crippen molar-refractivity contribution in [2.24, 2.45) is 0 Å². The highest BCUT2D eigenvalue weighted by Crippen LogP contribution is 2.30. The Morgan fingerprint density at radius 1 is 1.00 bits per heavy atom. The summed E-state index contributed by atoms with van der Waals surface area (Å²) in [5, 5.41) is 0. The maximum Gasteiger partial charge on any atom is 0.253 e. The molecule has 0 unspecified atom stereocenters. The number of carbonyl (C=O) groups is 1. The van der Waals surface area contributed by atoms with Crippen LogP contribution in [0.25, 0.3) is 0 Å². The van der Waals surface area contributed by atoms with E-state index in [-0.39, 0.29) is 5.91 Å². The van der Waals surface area contributed by atoms with Gasteiger partial charge in [0.25, 0.3) is 5.91 Å². The van der Waals surface area contributed by atoms with Crippen LogP contribution in [0.4, 0.5) is 0 Å². The maximum atomic E-state index is 13.1. The van der Waals surface area contributed by atoms with Gasteiger partial charge in [0.2, 0.25) is 0 Å². The molecule has 6 nitrogen and oxygen atoms in total. The molecule has 3 heterocycles. The fourth-order valence-corrected chi connectivity index (χ4v) is 4.39. The first kappa shape index (κ1) is 20.7. The van der Waals surface area contributed by atoms with Crippen LogP contribution >= 0.6 is 0 Å². The number of hydrogen-bond donors (Lipinski definition) is 0. The molecule has 2 aliphatic heterocycles. The summed E-state index contributed by atoms with van der Waals surface area (Å²) in [6.07, 6.45) is 8.26. The third kappa shape index (κ3) is 4.93. The van der Waals surface area contributed by atoms with Gasteiger partial charge in [-0.1, -0.05) is 0 Å². The average molecular weight is 410 g/mol. The van der Waals surface area contributed by atoms with Crippen molar-refractivity contribution in [3.8, 4) is 11.5 Å². The molecule has 6 heteroatoms. The molecule has 0 radical (unpaired) electrons. The molecular weight excluding hydrogens is 378 g/mol.